The van der Waals surface area contributed by atoms with E-state index in [1.54, 1.807) is 18.0 Å². The second-order valence-corrected chi connectivity index (χ2v) is 5.13. The quantitative estimate of drug-likeness (QED) is 0.857. The van der Waals surface area contributed by atoms with Crippen molar-refractivity contribution < 1.29 is 9.59 Å². The molecule has 1 aromatic carbocycles. The molecule has 5 nitrogen and oxygen atoms in total. The SMILES string of the molecule is CNc1ccccc1C(=O)N(CC(N)=O)C1CCCC1. The fraction of sp³-hybridized carbons (Fsp3) is 0.467. The molecule has 0 unspecified atom stereocenters. The van der Waals surface area contributed by atoms with Crippen molar-refractivity contribution in [3.05, 3.63) is 29.8 Å². The Morgan fingerprint density at radius 2 is 1.95 bits per heavy atom. The molecule has 1 aliphatic rings. The van der Waals surface area contributed by atoms with E-state index in [-0.39, 0.29) is 18.5 Å². The Labute approximate surface area is 119 Å². The van der Waals surface area contributed by atoms with Gasteiger partial charge in [0.25, 0.3) is 5.91 Å². The highest BCUT2D eigenvalue weighted by Crippen LogP contribution is 2.26. The zero-order valence-electron chi connectivity index (χ0n) is 11.8. The smallest absolute Gasteiger partial charge is 0.256 e. The number of amides is 2. The van der Waals surface area contributed by atoms with Crippen LogP contribution in [0, 0.1) is 0 Å². The van der Waals surface area contributed by atoms with Gasteiger partial charge < -0.3 is 16.0 Å². The monoisotopic (exact) mass is 275 g/mol. The molecule has 2 amide bonds. The number of benzene rings is 1. The molecule has 0 bridgehead atoms. The van der Waals surface area contributed by atoms with Crippen molar-refractivity contribution in [1.29, 1.82) is 0 Å². The minimum Gasteiger partial charge on any atom is -0.387 e. The summed E-state index contributed by atoms with van der Waals surface area (Å²) < 4.78 is 0. The third-order valence-corrected chi connectivity index (χ3v) is 3.78. The van der Waals surface area contributed by atoms with Crippen molar-refractivity contribution in [3.63, 3.8) is 0 Å². The second-order valence-electron chi connectivity index (χ2n) is 5.13. The van der Waals surface area contributed by atoms with Gasteiger partial charge in [0.1, 0.15) is 0 Å². The van der Waals surface area contributed by atoms with Crippen LogP contribution in [-0.2, 0) is 4.79 Å². The minimum atomic E-state index is -0.466. The molecule has 5 heteroatoms. The average Bonchev–Trinajstić information content (AvgIpc) is 2.97. The first-order chi connectivity index (χ1) is 9.63. The summed E-state index contributed by atoms with van der Waals surface area (Å²) in [6.45, 7) is -0.0124. The van der Waals surface area contributed by atoms with Gasteiger partial charge in [-0.3, -0.25) is 9.59 Å². The van der Waals surface area contributed by atoms with E-state index in [4.69, 9.17) is 5.73 Å². The summed E-state index contributed by atoms with van der Waals surface area (Å²) in [4.78, 5) is 25.6. The summed E-state index contributed by atoms with van der Waals surface area (Å²) in [5, 5.41) is 3.01. The highest BCUT2D eigenvalue weighted by atomic mass is 16.2. The number of carbonyl (C=O) groups is 2. The molecule has 108 valence electrons. The van der Waals surface area contributed by atoms with Gasteiger partial charge in [-0.15, -0.1) is 0 Å². The number of hydrogen-bond acceptors (Lipinski definition) is 3. The van der Waals surface area contributed by atoms with E-state index in [9.17, 15) is 9.59 Å². The lowest BCUT2D eigenvalue weighted by Crippen LogP contribution is -2.44. The van der Waals surface area contributed by atoms with Crippen LogP contribution in [0.25, 0.3) is 0 Å². The first kappa shape index (κ1) is 14.4. The Balaban J connectivity index is 2.27. The van der Waals surface area contributed by atoms with Crippen LogP contribution in [0.3, 0.4) is 0 Å². The Morgan fingerprint density at radius 1 is 1.30 bits per heavy atom. The lowest BCUT2D eigenvalue weighted by molar-refractivity contribution is -0.119. The summed E-state index contributed by atoms with van der Waals surface area (Å²) in [6, 6.07) is 7.45. The molecule has 1 fully saturated rings. The van der Waals surface area contributed by atoms with Crippen LogP contribution in [0.5, 0.6) is 0 Å². The molecule has 20 heavy (non-hydrogen) atoms. The van der Waals surface area contributed by atoms with Gasteiger partial charge in [-0.25, -0.2) is 0 Å². The molecule has 1 aromatic rings. The van der Waals surface area contributed by atoms with Crippen LogP contribution < -0.4 is 11.1 Å². The van der Waals surface area contributed by atoms with Crippen LogP contribution in [0.15, 0.2) is 24.3 Å². The molecular formula is C15H21N3O2. The summed E-state index contributed by atoms with van der Waals surface area (Å²) >= 11 is 0. The highest BCUT2D eigenvalue weighted by Gasteiger charge is 2.29. The standard InChI is InChI=1S/C15H21N3O2/c1-17-13-9-5-4-8-12(13)15(20)18(10-14(16)19)11-6-2-3-7-11/h4-5,8-9,11,17H,2-3,6-7,10H2,1H3,(H2,16,19). The van der Waals surface area contributed by atoms with Crippen LogP contribution in [0.4, 0.5) is 5.69 Å². The first-order valence-electron chi connectivity index (χ1n) is 6.99. The van der Waals surface area contributed by atoms with E-state index in [2.05, 4.69) is 5.32 Å². The van der Waals surface area contributed by atoms with E-state index in [0.29, 0.717) is 5.56 Å². The van der Waals surface area contributed by atoms with E-state index in [1.807, 2.05) is 18.2 Å². The molecule has 1 aliphatic carbocycles. The predicted octanol–water partition coefficient (Wildman–Crippen LogP) is 1.60. The van der Waals surface area contributed by atoms with Gasteiger partial charge in [0.15, 0.2) is 0 Å². The number of anilines is 1. The van der Waals surface area contributed by atoms with Crippen molar-refractivity contribution in [1.82, 2.24) is 4.90 Å². The molecule has 1 saturated carbocycles. The fourth-order valence-corrected chi connectivity index (χ4v) is 2.79. The number of primary amides is 1. The van der Waals surface area contributed by atoms with Crippen molar-refractivity contribution in [2.45, 2.75) is 31.7 Å². The summed E-state index contributed by atoms with van der Waals surface area (Å²) in [5.41, 5.74) is 6.65. The maximum Gasteiger partial charge on any atom is 0.256 e. The van der Waals surface area contributed by atoms with Gasteiger partial charge >= 0.3 is 0 Å². The number of nitrogens with two attached hydrogens (primary N) is 1. The number of para-hydroxylation sites is 1. The van der Waals surface area contributed by atoms with Crippen LogP contribution in [0.1, 0.15) is 36.0 Å². The zero-order chi connectivity index (χ0) is 14.5. The highest BCUT2D eigenvalue weighted by molar-refractivity contribution is 6.01. The van der Waals surface area contributed by atoms with Gasteiger partial charge in [-0.1, -0.05) is 25.0 Å². The van der Waals surface area contributed by atoms with E-state index in [1.165, 1.54) is 0 Å². The average molecular weight is 275 g/mol. The lowest BCUT2D eigenvalue weighted by atomic mass is 10.1. The maximum absolute atomic E-state index is 12.7. The maximum atomic E-state index is 12.7. The molecule has 2 rings (SSSR count). The molecule has 0 saturated heterocycles. The number of nitrogens with one attached hydrogen (secondary N) is 1. The number of rotatable bonds is 5. The molecule has 0 aromatic heterocycles. The van der Waals surface area contributed by atoms with Crippen LogP contribution >= 0.6 is 0 Å². The van der Waals surface area contributed by atoms with Crippen LogP contribution in [-0.4, -0.2) is 36.3 Å². The molecule has 0 atom stereocenters. The molecule has 3 N–H and O–H groups in total. The van der Waals surface area contributed by atoms with Crippen molar-refractivity contribution in [2.75, 3.05) is 18.9 Å². The van der Waals surface area contributed by atoms with Gasteiger partial charge in [-0.05, 0) is 25.0 Å². The summed E-state index contributed by atoms with van der Waals surface area (Å²) in [5.74, 6) is -0.590. The van der Waals surface area contributed by atoms with Crippen molar-refractivity contribution in [2.24, 2.45) is 5.73 Å². The third kappa shape index (κ3) is 3.10. The minimum absolute atomic E-state index is 0.0124. The fourth-order valence-electron chi connectivity index (χ4n) is 2.79. The third-order valence-electron chi connectivity index (χ3n) is 3.78. The second kappa shape index (κ2) is 6.41. The zero-order valence-corrected chi connectivity index (χ0v) is 11.8. The Kier molecular flexibility index (Phi) is 4.61. The molecule has 0 heterocycles. The van der Waals surface area contributed by atoms with E-state index < -0.39 is 5.91 Å². The van der Waals surface area contributed by atoms with E-state index >= 15 is 0 Å². The Morgan fingerprint density at radius 3 is 2.55 bits per heavy atom. The topological polar surface area (TPSA) is 75.4 Å². The normalized spacial score (nSPS) is 15.1. The van der Waals surface area contributed by atoms with Gasteiger partial charge in [-0.2, -0.15) is 0 Å². The Hall–Kier alpha value is -2.04. The van der Waals surface area contributed by atoms with Crippen molar-refractivity contribution >= 4 is 17.5 Å². The molecular weight excluding hydrogens is 254 g/mol. The van der Waals surface area contributed by atoms with E-state index in [0.717, 1.165) is 31.4 Å². The van der Waals surface area contributed by atoms with Crippen LogP contribution in [0.2, 0.25) is 0 Å². The lowest BCUT2D eigenvalue weighted by Gasteiger charge is -2.28. The predicted molar refractivity (Wildman–Crippen MR) is 78.5 cm³/mol. The summed E-state index contributed by atoms with van der Waals surface area (Å²) in [6.07, 6.45) is 4.09. The number of carbonyl (C=O) groups excluding carboxylic acids is 2. The van der Waals surface area contributed by atoms with Crippen molar-refractivity contribution in [3.8, 4) is 0 Å². The molecule has 0 spiro atoms. The number of hydrogen-bond donors (Lipinski definition) is 2. The number of nitrogens with zero attached hydrogens (tertiary/aromatic N) is 1. The van der Waals surface area contributed by atoms with Gasteiger partial charge in [0.2, 0.25) is 5.91 Å². The molecule has 0 aliphatic heterocycles. The largest absolute Gasteiger partial charge is 0.387 e. The first-order valence-corrected chi connectivity index (χ1v) is 6.99. The van der Waals surface area contributed by atoms with Gasteiger partial charge in [0.05, 0.1) is 12.1 Å². The van der Waals surface area contributed by atoms with Gasteiger partial charge in [0, 0.05) is 18.8 Å². The summed E-state index contributed by atoms with van der Waals surface area (Å²) in [7, 11) is 1.78. The molecule has 0 radical (unpaired) electrons. The Bertz CT molecular complexity index is 496.